The molecule has 3 heteroatoms. The highest BCUT2D eigenvalue weighted by Gasteiger charge is 1.84. The van der Waals surface area contributed by atoms with Crippen LogP contribution in [-0.4, -0.2) is 23.0 Å². The second-order valence-corrected chi connectivity index (χ2v) is 2.70. The summed E-state index contributed by atoms with van der Waals surface area (Å²) in [6.45, 7) is 0.934. The molecule has 0 aromatic heterocycles. The molecule has 0 unspecified atom stereocenters. The summed E-state index contributed by atoms with van der Waals surface area (Å²) in [7, 11) is 0.874. The van der Waals surface area contributed by atoms with Gasteiger partial charge in [0.1, 0.15) is 10.5 Å². The molecule has 0 saturated heterocycles. The summed E-state index contributed by atoms with van der Waals surface area (Å²) in [6, 6.07) is 0. The largest absolute Gasteiger partial charge is 0.428 e. The van der Waals surface area contributed by atoms with Crippen molar-refractivity contribution < 1.29 is 4.43 Å². The van der Waals surface area contributed by atoms with Crippen molar-refractivity contribution in [3.8, 4) is 0 Å². The first-order valence-electron chi connectivity index (χ1n) is 2.96. The average Bonchev–Trinajstić information content (AvgIpc) is 1.81. The van der Waals surface area contributed by atoms with Crippen LogP contribution in [0.5, 0.6) is 0 Å². The van der Waals surface area contributed by atoms with Crippen LogP contribution in [0.2, 0.25) is 0 Å². The van der Waals surface area contributed by atoms with E-state index in [-0.39, 0.29) is 0 Å². The number of hydrogen-bond acceptors (Lipinski definition) is 1. The minimum absolute atomic E-state index is 0.793. The van der Waals surface area contributed by atoms with Gasteiger partial charge in [-0.15, -0.1) is 11.6 Å². The van der Waals surface area contributed by atoms with E-state index >= 15 is 0 Å². The smallest absolute Gasteiger partial charge is 0.145 e. The number of halogens is 1. The maximum atomic E-state index is 5.45. The van der Waals surface area contributed by atoms with Crippen LogP contribution in [0.15, 0.2) is 0 Å². The third-order valence-electron chi connectivity index (χ3n) is 0.982. The van der Waals surface area contributed by atoms with E-state index in [1.54, 1.807) is 0 Å². The Hall–Kier alpha value is 0.467. The predicted molar refractivity (Wildman–Crippen MR) is 40.5 cm³/mol. The highest BCUT2D eigenvalue weighted by molar-refractivity contribution is 6.17. The molecular formula is C5H13ClOSi. The highest BCUT2D eigenvalue weighted by Crippen LogP contribution is 1.95. The van der Waals surface area contributed by atoms with Gasteiger partial charge in [-0.1, -0.05) is 6.42 Å². The zero-order valence-electron chi connectivity index (χ0n) is 5.32. The van der Waals surface area contributed by atoms with E-state index in [9.17, 15) is 0 Å². The third kappa shape index (κ3) is 6.47. The molecule has 0 aromatic carbocycles. The summed E-state index contributed by atoms with van der Waals surface area (Å²) in [4.78, 5) is 0. The van der Waals surface area contributed by atoms with Crippen LogP contribution in [0.3, 0.4) is 0 Å². The van der Waals surface area contributed by atoms with Crippen molar-refractivity contribution in [3.05, 3.63) is 0 Å². The van der Waals surface area contributed by atoms with E-state index in [1.165, 1.54) is 12.8 Å². The van der Waals surface area contributed by atoms with Gasteiger partial charge in [-0.3, -0.25) is 0 Å². The van der Waals surface area contributed by atoms with Gasteiger partial charge in [0.2, 0.25) is 0 Å². The Labute approximate surface area is 58.9 Å². The Morgan fingerprint density at radius 3 is 2.50 bits per heavy atom. The molecule has 0 rings (SSSR count). The lowest BCUT2D eigenvalue weighted by Crippen LogP contribution is -1.89. The molecular weight excluding hydrogens is 140 g/mol. The molecule has 1 nitrogen and oxygen atoms in total. The van der Waals surface area contributed by atoms with Gasteiger partial charge in [0.25, 0.3) is 0 Å². The Morgan fingerprint density at radius 2 is 2.00 bits per heavy atom. The van der Waals surface area contributed by atoms with Gasteiger partial charge < -0.3 is 4.43 Å². The van der Waals surface area contributed by atoms with Crippen LogP contribution < -0.4 is 0 Å². The summed E-state index contributed by atoms with van der Waals surface area (Å²) < 4.78 is 4.98. The number of hydrogen-bond donors (Lipinski definition) is 0. The summed E-state index contributed by atoms with van der Waals surface area (Å²) in [5.74, 6) is 0.793. The van der Waals surface area contributed by atoms with E-state index in [2.05, 4.69) is 0 Å². The minimum Gasteiger partial charge on any atom is -0.428 e. The fourth-order valence-corrected chi connectivity index (χ4v) is 0.995. The van der Waals surface area contributed by atoms with Gasteiger partial charge in [0.05, 0.1) is 0 Å². The first-order valence-corrected chi connectivity index (χ1v) is 4.32. The van der Waals surface area contributed by atoms with Gasteiger partial charge in [-0.25, -0.2) is 0 Å². The second kappa shape index (κ2) is 7.47. The molecule has 0 heterocycles. The van der Waals surface area contributed by atoms with Crippen LogP contribution in [0.4, 0.5) is 0 Å². The monoisotopic (exact) mass is 152 g/mol. The number of unbranched alkanes of at least 4 members (excludes halogenated alkanes) is 2. The molecule has 0 bridgehead atoms. The molecule has 8 heavy (non-hydrogen) atoms. The summed E-state index contributed by atoms with van der Waals surface area (Å²) in [5.41, 5.74) is 0. The van der Waals surface area contributed by atoms with Gasteiger partial charge in [0, 0.05) is 12.5 Å². The van der Waals surface area contributed by atoms with Crippen molar-refractivity contribution in [3.63, 3.8) is 0 Å². The summed E-state index contributed by atoms with van der Waals surface area (Å²) >= 11 is 5.45. The normalized spacial score (nSPS) is 10.1. The number of rotatable bonds is 5. The lowest BCUT2D eigenvalue weighted by molar-refractivity contribution is 0.335. The fourth-order valence-electron chi connectivity index (χ4n) is 0.518. The van der Waals surface area contributed by atoms with Crippen molar-refractivity contribution in [2.24, 2.45) is 0 Å². The Balaban J connectivity index is 2.53. The molecule has 0 saturated carbocycles. The molecule has 0 fully saturated rings. The Morgan fingerprint density at radius 1 is 1.25 bits per heavy atom. The molecule has 0 aliphatic rings. The molecule has 0 amide bonds. The molecule has 0 atom stereocenters. The molecule has 0 aliphatic heterocycles. The standard InChI is InChI=1S/C5H13ClOSi/c6-4-2-1-3-5-7-8/h1-5H2,8H3. The Kier molecular flexibility index (Phi) is 7.90. The van der Waals surface area contributed by atoms with Crippen molar-refractivity contribution in [2.75, 3.05) is 12.5 Å². The lowest BCUT2D eigenvalue weighted by atomic mass is 10.3. The van der Waals surface area contributed by atoms with Crippen LogP contribution in [-0.2, 0) is 4.43 Å². The van der Waals surface area contributed by atoms with E-state index in [0.717, 1.165) is 29.4 Å². The van der Waals surface area contributed by atoms with Crippen molar-refractivity contribution >= 4 is 22.1 Å². The second-order valence-electron chi connectivity index (χ2n) is 1.74. The summed E-state index contributed by atoms with van der Waals surface area (Å²) in [5, 5.41) is 0. The van der Waals surface area contributed by atoms with Crippen molar-refractivity contribution in [2.45, 2.75) is 19.3 Å². The topological polar surface area (TPSA) is 9.23 Å². The third-order valence-corrected chi connectivity index (χ3v) is 1.66. The maximum absolute atomic E-state index is 5.45. The van der Waals surface area contributed by atoms with Gasteiger partial charge >= 0.3 is 0 Å². The SMILES string of the molecule is [SiH3]OCCCCCCl. The minimum atomic E-state index is 0.793. The van der Waals surface area contributed by atoms with Crippen LogP contribution in [0.25, 0.3) is 0 Å². The quantitative estimate of drug-likeness (QED) is 0.320. The predicted octanol–water partition coefficient (Wildman–Crippen LogP) is 0.692. The Bertz CT molecular complexity index is 37.4. The van der Waals surface area contributed by atoms with Crippen molar-refractivity contribution in [1.29, 1.82) is 0 Å². The lowest BCUT2D eigenvalue weighted by Gasteiger charge is -1.95. The first-order chi connectivity index (χ1) is 3.91. The average molecular weight is 153 g/mol. The van der Waals surface area contributed by atoms with E-state index in [4.69, 9.17) is 16.0 Å². The van der Waals surface area contributed by atoms with Crippen LogP contribution in [0.1, 0.15) is 19.3 Å². The van der Waals surface area contributed by atoms with E-state index in [1.807, 2.05) is 0 Å². The van der Waals surface area contributed by atoms with Gasteiger partial charge in [0.15, 0.2) is 0 Å². The van der Waals surface area contributed by atoms with Crippen molar-refractivity contribution in [1.82, 2.24) is 0 Å². The zero-order valence-corrected chi connectivity index (χ0v) is 8.08. The summed E-state index contributed by atoms with van der Waals surface area (Å²) in [6.07, 6.45) is 3.52. The van der Waals surface area contributed by atoms with Crippen LogP contribution >= 0.6 is 11.6 Å². The van der Waals surface area contributed by atoms with E-state index in [0.29, 0.717) is 0 Å². The van der Waals surface area contributed by atoms with E-state index < -0.39 is 0 Å². The molecule has 0 aromatic rings. The zero-order chi connectivity index (χ0) is 6.24. The maximum Gasteiger partial charge on any atom is 0.145 e. The molecule has 0 radical (unpaired) electrons. The molecule has 0 spiro atoms. The highest BCUT2D eigenvalue weighted by atomic mass is 35.5. The number of alkyl halides is 1. The fraction of sp³-hybridized carbons (Fsp3) is 1.00. The molecule has 0 aliphatic carbocycles. The van der Waals surface area contributed by atoms with Gasteiger partial charge in [-0.05, 0) is 12.8 Å². The molecule has 50 valence electrons. The van der Waals surface area contributed by atoms with Crippen LogP contribution in [0, 0.1) is 0 Å². The molecule has 0 N–H and O–H groups in total. The van der Waals surface area contributed by atoms with Gasteiger partial charge in [-0.2, -0.15) is 0 Å². The first kappa shape index (κ1) is 8.47.